The summed E-state index contributed by atoms with van der Waals surface area (Å²) in [5.74, 6) is 0.173. The summed E-state index contributed by atoms with van der Waals surface area (Å²) in [6.45, 7) is 11.6. The monoisotopic (exact) mass is 361 g/mol. The molecule has 142 valence electrons. The summed E-state index contributed by atoms with van der Waals surface area (Å²) in [5.41, 5.74) is 0.873. The Kier molecular flexibility index (Phi) is 5.03. The number of rotatable bonds is 3. The number of aryl methyl sites for hydroxylation is 1. The zero-order chi connectivity index (χ0) is 20.0. The van der Waals surface area contributed by atoms with Crippen molar-refractivity contribution in [3.63, 3.8) is 0 Å². The summed E-state index contributed by atoms with van der Waals surface area (Å²) in [6, 6.07) is 1.89. The lowest BCUT2D eigenvalue weighted by molar-refractivity contribution is 0.440. The molecule has 0 saturated heterocycles. The van der Waals surface area contributed by atoms with E-state index in [1.54, 1.807) is 13.8 Å². The van der Waals surface area contributed by atoms with Crippen molar-refractivity contribution in [1.29, 1.82) is 0 Å². The Morgan fingerprint density at radius 1 is 1.00 bits per heavy atom. The molecule has 0 radical (unpaired) electrons. The maximum absolute atomic E-state index is 12.6. The van der Waals surface area contributed by atoms with E-state index in [1.165, 1.54) is 7.05 Å². The molecule has 1 aromatic carbocycles. The topological polar surface area (TPSA) is 86.2 Å². The van der Waals surface area contributed by atoms with Crippen LogP contribution in [0, 0.1) is 13.8 Å². The van der Waals surface area contributed by atoms with Gasteiger partial charge >= 0.3 is 17.1 Å². The number of hydrogen-bond donors (Lipinski definition) is 1. The molecule has 26 heavy (non-hydrogen) atoms. The molecule has 2 rings (SSSR count). The molecule has 1 heterocycles. The first-order valence-corrected chi connectivity index (χ1v) is 8.65. The summed E-state index contributed by atoms with van der Waals surface area (Å²) in [6.07, 6.45) is 0. The predicted molar refractivity (Wildman–Crippen MR) is 101 cm³/mol. The van der Waals surface area contributed by atoms with Crippen molar-refractivity contribution in [3.05, 3.63) is 59.8 Å². The smallest absolute Gasteiger partial charge is 0.336 e. The van der Waals surface area contributed by atoms with E-state index >= 15 is 0 Å². The van der Waals surface area contributed by atoms with Crippen LogP contribution in [0.2, 0.25) is 0 Å². The highest BCUT2D eigenvalue weighted by Gasteiger charge is 2.23. The van der Waals surface area contributed by atoms with Crippen LogP contribution >= 0.6 is 0 Å². The summed E-state index contributed by atoms with van der Waals surface area (Å²) >= 11 is 0. The molecule has 0 bridgehead atoms. The molecule has 1 aromatic heterocycles. The van der Waals surface area contributed by atoms with E-state index in [0.29, 0.717) is 11.1 Å². The van der Waals surface area contributed by atoms with Crippen molar-refractivity contribution in [2.24, 2.45) is 7.05 Å². The lowest BCUT2D eigenvalue weighted by Crippen LogP contribution is -2.53. The van der Waals surface area contributed by atoms with Gasteiger partial charge in [0.05, 0.1) is 6.54 Å². The second kappa shape index (κ2) is 6.63. The quantitative estimate of drug-likeness (QED) is 0.895. The van der Waals surface area contributed by atoms with Gasteiger partial charge in [-0.05, 0) is 48.4 Å². The summed E-state index contributed by atoms with van der Waals surface area (Å²) in [5, 5.41) is 10.6. The fourth-order valence-corrected chi connectivity index (χ4v) is 3.14. The number of hydrogen-bond acceptors (Lipinski definition) is 4. The van der Waals surface area contributed by atoms with Gasteiger partial charge in [0.2, 0.25) is 0 Å². The third kappa shape index (κ3) is 3.13. The number of phenolic OH excluding ortho intramolecular Hbond substituents is 1. The van der Waals surface area contributed by atoms with Crippen LogP contribution in [-0.2, 0) is 25.6 Å². The Morgan fingerprint density at radius 3 is 2.04 bits per heavy atom. The number of aromatic nitrogens is 3. The average molecular weight is 361 g/mol. The number of nitrogens with zero attached hydrogens (tertiary/aromatic N) is 3. The predicted octanol–water partition coefficient (Wildman–Crippen LogP) is 1.40. The first kappa shape index (κ1) is 19.8. The number of benzene rings is 1. The van der Waals surface area contributed by atoms with Gasteiger partial charge in [-0.2, -0.15) is 0 Å². The molecule has 2 aromatic rings. The van der Waals surface area contributed by atoms with Gasteiger partial charge in [0.15, 0.2) is 0 Å². The average Bonchev–Trinajstić information content (AvgIpc) is 2.55. The molecule has 0 aliphatic heterocycles. The molecule has 0 unspecified atom stereocenters. The van der Waals surface area contributed by atoms with Crippen molar-refractivity contribution >= 4 is 0 Å². The van der Waals surface area contributed by atoms with Gasteiger partial charge in [0.1, 0.15) is 5.75 Å². The van der Waals surface area contributed by atoms with Crippen LogP contribution in [-0.4, -0.2) is 18.8 Å². The molecule has 0 atom stereocenters. The van der Waals surface area contributed by atoms with Crippen LogP contribution < -0.4 is 17.1 Å². The molecule has 0 spiro atoms. The number of aromatic hydroxyl groups is 1. The van der Waals surface area contributed by atoms with Gasteiger partial charge in [0.25, 0.3) is 0 Å². The van der Waals surface area contributed by atoms with Crippen molar-refractivity contribution in [2.75, 3.05) is 0 Å². The zero-order valence-corrected chi connectivity index (χ0v) is 16.5. The second-order valence-electron chi connectivity index (χ2n) is 7.68. The molecule has 0 amide bonds. The molecule has 0 aliphatic carbocycles. The Morgan fingerprint density at radius 2 is 1.54 bits per heavy atom. The molecule has 7 nitrogen and oxygen atoms in total. The van der Waals surface area contributed by atoms with E-state index in [9.17, 15) is 19.5 Å². The second-order valence-corrected chi connectivity index (χ2v) is 7.68. The van der Waals surface area contributed by atoms with Gasteiger partial charge < -0.3 is 5.11 Å². The lowest BCUT2D eigenvalue weighted by atomic mass is 9.82. The minimum absolute atomic E-state index is 0.00142. The van der Waals surface area contributed by atoms with Crippen LogP contribution in [0.1, 0.15) is 49.9 Å². The molecule has 0 saturated carbocycles. The van der Waals surface area contributed by atoms with Gasteiger partial charge in [-0.15, -0.1) is 0 Å². The SMILES string of the molecule is CCn1c(=O)n(C)c(=O)n(Cc2c(C)cc(C(C)(C)C)c(O)c2C)c1=O. The van der Waals surface area contributed by atoms with Crippen LogP contribution in [0.3, 0.4) is 0 Å². The van der Waals surface area contributed by atoms with Crippen LogP contribution in [0.15, 0.2) is 20.4 Å². The first-order valence-electron chi connectivity index (χ1n) is 8.65. The van der Waals surface area contributed by atoms with Crippen molar-refractivity contribution in [3.8, 4) is 5.75 Å². The molecular formula is C19H27N3O4. The normalized spacial score (nSPS) is 11.8. The van der Waals surface area contributed by atoms with Crippen LogP contribution in [0.25, 0.3) is 0 Å². The third-order valence-electron chi connectivity index (χ3n) is 4.84. The maximum atomic E-state index is 12.6. The molecule has 1 N–H and O–H groups in total. The maximum Gasteiger partial charge on any atom is 0.336 e. The van der Waals surface area contributed by atoms with E-state index < -0.39 is 17.1 Å². The van der Waals surface area contributed by atoms with Crippen molar-refractivity contribution in [2.45, 2.75) is 60.0 Å². The highest BCUT2D eigenvalue weighted by Crippen LogP contribution is 2.36. The zero-order valence-electron chi connectivity index (χ0n) is 16.5. The Balaban J connectivity index is 2.74. The van der Waals surface area contributed by atoms with E-state index in [4.69, 9.17) is 0 Å². The van der Waals surface area contributed by atoms with Crippen LogP contribution in [0.5, 0.6) is 5.75 Å². The molecular weight excluding hydrogens is 334 g/mol. The van der Waals surface area contributed by atoms with Crippen molar-refractivity contribution in [1.82, 2.24) is 13.7 Å². The van der Waals surface area contributed by atoms with Crippen molar-refractivity contribution < 1.29 is 5.11 Å². The highest BCUT2D eigenvalue weighted by atomic mass is 16.3. The van der Waals surface area contributed by atoms with Gasteiger partial charge in [-0.3, -0.25) is 0 Å². The fourth-order valence-electron chi connectivity index (χ4n) is 3.14. The van der Waals surface area contributed by atoms with E-state index in [-0.39, 0.29) is 24.3 Å². The van der Waals surface area contributed by atoms with E-state index in [2.05, 4.69) is 0 Å². The molecule has 0 fully saturated rings. The van der Waals surface area contributed by atoms with Gasteiger partial charge in [-0.1, -0.05) is 26.8 Å². The highest BCUT2D eigenvalue weighted by molar-refractivity contribution is 5.51. The summed E-state index contributed by atoms with van der Waals surface area (Å²) < 4.78 is 2.99. The summed E-state index contributed by atoms with van der Waals surface area (Å²) in [4.78, 5) is 37.1. The molecule has 0 aliphatic rings. The van der Waals surface area contributed by atoms with Gasteiger partial charge in [0, 0.05) is 13.6 Å². The summed E-state index contributed by atoms with van der Waals surface area (Å²) in [7, 11) is 1.35. The Bertz CT molecular complexity index is 1030. The Labute approximate surface area is 152 Å². The largest absolute Gasteiger partial charge is 0.507 e. The van der Waals surface area contributed by atoms with Crippen LogP contribution in [0.4, 0.5) is 0 Å². The minimum Gasteiger partial charge on any atom is -0.507 e. The minimum atomic E-state index is -0.664. The standard InChI is InChI=1S/C19H27N3O4/c1-8-21-16(24)20(7)17(25)22(18(21)26)10-13-11(2)9-14(19(4,5)6)15(23)12(13)3/h9,23H,8,10H2,1-7H3. The first-order chi connectivity index (χ1) is 11.9. The fraction of sp³-hybridized carbons (Fsp3) is 0.526. The lowest BCUT2D eigenvalue weighted by Gasteiger charge is -2.24. The third-order valence-corrected chi connectivity index (χ3v) is 4.84. The van der Waals surface area contributed by atoms with E-state index in [1.807, 2.05) is 33.8 Å². The molecule has 7 heteroatoms. The van der Waals surface area contributed by atoms with Gasteiger partial charge in [-0.25, -0.2) is 28.1 Å². The number of phenols is 1. The Hall–Kier alpha value is -2.57. The van der Waals surface area contributed by atoms with E-state index in [0.717, 1.165) is 24.8 Å².